The standard InChI is InChI=1S/C12H18O4.2ClH/c13-11(14)9-3-1-7-5-10(12(15)16)4-2-8(7)6-9;;/h7-10H,1-6H2,(H,13,14)(H,15,16);2*1H. The van der Waals surface area contributed by atoms with Crippen LogP contribution >= 0.6 is 24.8 Å². The van der Waals surface area contributed by atoms with E-state index in [0.29, 0.717) is 11.8 Å². The fourth-order valence-electron chi connectivity index (χ4n) is 3.34. The minimum absolute atomic E-state index is 0. The van der Waals surface area contributed by atoms with E-state index in [2.05, 4.69) is 0 Å². The van der Waals surface area contributed by atoms with Gasteiger partial charge < -0.3 is 10.2 Å². The molecule has 2 aliphatic carbocycles. The average Bonchev–Trinajstić information content (AvgIpc) is 2.27. The molecule has 0 saturated heterocycles. The van der Waals surface area contributed by atoms with Gasteiger partial charge in [-0.3, -0.25) is 9.59 Å². The summed E-state index contributed by atoms with van der Waals surface area (Å²) in [5, 5.41) is 17.9. The van der Waals surface area contributed by atoms with Crippen molar-refractivity contribution in [1.29, 1.82) is 0 Å². The van der Waals surface area contributed by atoms with Crippen LogP contribution in [0.3, 0.4) is 0 Å². The lowest BCUT2D eigenvalue weighted by Crippen LogP contribution is -2.35. The Bertz CT molecular complexity index is 278. The van der Waals surface area contributed by atoms with Crippen LogP contribution in [0.15, 0.2) is 0 Å². The number of halogens is 2. The monoisotopic (exact) mass is 298 g/mol. The summed E-state index contributed by atoms with van der Waals surface area (Å²) in [5.74, 6) is -0.848. The molecule has 4 nitrogen and oxygen atoms in total. The highest BCUT2D eigenvalue weighted by molar-refractivity contribution is 5.85. The zero-order valence-corrected chi connectivity index (χ0v) is 11.7. The Morgan fingerprint density at radius 3 is 1.33 bits per heavy atom. The molecule has 2 fully saturated rings. The van der Waals surface area contributed by atoms with Gasteiger partial charge in [-0.1, -0.05) is 0 Å². The minimum Gasteiger partial charge on any atom is -0.481 e. The van der Waals surface area contributed by atoms with E-state index >= 15 is 0 Å². The normalized spacial score (nSPS) is 34.4. The SMILES string of the molecule is Cl.Cl.O=C(O)C1CCC2CC(C(=O)O)CCC2C1. The van der Waals surface area contributed by atoms with Gasteiger partial charge in [0.15, 0.2) is 0 Å². The summed E-state index contributed by atoms with van der Waals surface area (Å²) in [6.45, 7) is 0. The van der Waals surface area contributed by atoms with Crippen LogP contribution in [0.2, 0.25) is 0 Å². The molecule has 0 aliphatic heterocycles. The quantitative estimate of drug-likeness (QED) is 0.822. The zero-order valence-electron chi connectivity index (χ0n) is 10.1. The molecule has 4 atom stereocenters. The average molecular weight is 299 g/mol. The lowest BCUT2D eigenvalue weighted by atomic mass is 9.65. The fourth-order valence-corrected chi connectivity index (χ4v) is 3.34. The zero-order chi connectivity index (χ0) is 11.7. The Hall–Kier alpha value is -0.480. The van der Waals surface area contributed by atoms with Crippen molar-refractivity contribution in [2.75, 3.05) is 0 Å². The molecule has 0 aromatic rings. The Morgan fingerprint density at radius 1 is 0.722 bits per heavy atom. The van der Waals surface area contributed by atoms with Crippen molar-refractivity contribution in [3.8, 4) is 0 Å². The summed E-state index contributed by atoms with van der Waals surface area (Å²) in [4.78, 5) is 21.8. The van der Waals surface area contributed by atoms with E-state index in [4.69, 9.17) is 10.2 Å². The Morgan fingerprint density at radius 2 is 1.06 bits per heavy atom. The topological polar surface area (TPSA) is 74.6 Å². The maximum atomic E-state index is 10.9. The van der Waals surface area contributed by atoms with Crippen molar-refractivity contribution in [1.82, 2.24) is 0 Å². The maximum absolute atomic E-state index is 10.9. The van der Waals surface area contributed by atoms with Gasteiger partial charge in [-0.2, -0.15) is 0 Å². The molecular formula is C12H20Cl2O4. The van der Waals surface area contributed by atoms with Crippen LogP contribution in [0.4, 0.5) is 0 Å². The molecule has 0 aromatic carbocycles. The van der Waals surface area contributed by atoms with Crippen LogP contribution in [0.1, 0.15) is 38.5 Å². The Labute approximate surface area is 119 Å². The van der Waals surface area contributed by atoms with Crippen molar-refractivity contribution < 1.29 is 19.8 Å². The van der Waals surface area contributed by atoms with E-state index in [1.165, 1.54) is 0 Å². The van der Waals surface area contributed by atoms with Crippen molar-refractivity contribution in [3.05, 3.63) is 0 Å². The number of carboxylic acids is 2. The first-order valence-electron chi connectivity index (χ1n) is 6.03. The largest absolute Gasteiger partial charge is 0.481 e. The van der Waals surface area contributed by atoms with Crippen LogP contribution in [0.25, 0.3) is 0 Å². The van der Waals surface area contributed by atoms with Crippen LogP contribution < -0.4 is 0 Å². The van der Waals surface area contributed by atoms with Crippen LogP contribution in [0.5, 0.6) is 0 Å². The number of hydrogen-bond acceptors (Lipinski definition) is 2. The second-order valence-electron chi connectivity index (χ2n) is 5.22. The first kappa shape index (κ1) is 17.5. The molecule has 0 aromatic heterocycles. The number of hydrogen-bond donors (Lipinski definition) is 2. The highest BCUT2D eigenvalue weighted by atomic mass is 35.5. The number of aliphatic carboxylic acids is 2. The van der Waals surface area contributed by atoms with E-state index in [1.54, 1.807) is 0 Å². The summed E-state index contributed by atoms with van der Waals surface area (Å²) < 4.78 is 0. The van der Waals surface area contributed by atoms with Crippen LogP contribution in [0, 0.1) is 23.7 Å². The van der Waals surface area contributed by atoms with Crippen molar-refractivity contribution in [3.63, 3.8) is 0 Å². The highest BCUT2D eigenvalue weighted by Gasteiger charge is 2.39. The lowest BCUT2D eigenvalue weighted by Gasteiger charge is -2.40. The fraction of sp³-hybridized carbons (Fsp3) is 0.833. The van der Waals surface area contributed by atoms with Gasteiger partial charge in [0.1, 0.15) is 0 Å². The predicted octanol–water partition coefficient (Wildman–Crippen LogP) is 2.83. The third-order valence-electron chi connectivity index (χ3n) is 4.31. The van der Waals surface area contributed by atoms with Crippen LogP contribution in [-0.4, -0.2) is 22.2 Å². The highest BCUT2D eigenvalue weighted by Crippen LogP contribution is 2.44. The molecule has 18 heavy (non-hydrogen) atoms. The maximum Gasteiger partial charge on any atom is 0.306 e. The molecule has 2 rings (SSSR count). The smallest absolute Gasteiger partial charge is 0.306 e. The lowest BCUT2D eigenvalue weighted by molar-refractivity contribution is -0.148. The molecule has 2 aliphatic rings. The van der Waals surface area contributed by atoms with Gasteiger partial charge in [0.05, 0.1) is 11.8 Å². The van der Waals surface area contributed by atoms with E-state index < -0.39 is 11.9 Å². The van der Waals surface area contributed by atoms with Gasteiger partial charge in [-0.25, -0.2) is 0 Å². The molecule has 4 unspecified atom stereocenters. The number of rotatable bonds is 2. The first-order valence-corrected chi connectivity index (χ1v) is 6.03. The minimum atomic E-state index is -0.682. The molecule has 0 amide bonds. The van der Waals surface area contributed by atoms with Crippen molar-refractivity contribution in [2.24, 2.45) is 23.7 Å². The van der Waals surface area contributed by atoms with E-state index in [9.17, 15) is 9.59 Å². The van der Waals surface area contributed by atoms with Crippen molar-refractivity contribution in [2.45, 2.75) is 38.5 Å². The summed E-state index contributed by atoms with van der Waals surface area (Å²) in [7, 11) is 0. The molecular weight excluding hydrogens is 279 g/mol. The third-order valence-corrected chi connectivity index (χ3v) is 4.31. The van der Waals surface area contributed by atoms with Gasteiger partial charge >= 0.3 is 11.9 Å². The number of carbonyl (C=O) groups is 2. The Kier molecular flexibility index (Phi) is 7.00. The van der Waals surface area contributed by atoms with Crippen LogP contribution in [-0.2, 0) is 9.59 Å². The summed E-state index contributed by atoms with van der Waals surface area (Å²) >= 11 is 0. The second kappa shape index (κ2) is 7.19. The summed E-state index contributed by atoms with van der Waals surface area (Å²) in [6, 6.07) is 0. The molecule has 2 N–H and O–H groups in total. The van der Waals surface area contributed by atoms with E-state index in [0.717, 1.165) is 38.5 Å². The summed E-state index contributed by atoms with van der Waals surface area (Å²) in [5.41, 5.74) is 0. The van der Waals surface area contributed by atoms with E-state index in [1.807, 2.05) is 0 Å². The molecule has 0 spiro atoms. The molecule has 106 valence electrons. The molecule has 0 radical (unpaired) electrons. The molecule has 2 saturated carbocycles. The van der Waals surface area contributed by atoms with Crippen molar-refractivity contribution >= 4 is 36.8 Å². The van der Waals surface area contributed by atoms with Gasteiger partial charge in [0.25, 0.3) is 0 Å². The third kappa shape index (κ3) is 3.75. The molecule has 6 heteroatoms. The van der Waals surface area contributed by atoms with Gasteiger partial charge in [0.2, 0.25) is 0 Å². The second-order valence-corrected chi connectivity index (χ2v) is 5.22. The Balaban J connectivity index is 0.00000144. The predicted molar refractivity (Wildman–Crippen MR) is 71.4 cm³/mol. The molecule has 0 heterocycles. The van der Waals surface area contributed by atoms with Gasteiger partial charge in [-0.15, -0.1) is 24.8 Å². The summed E-state index contributed by atoms with van der Waals surface area (Å²) in [6.07, 6.45) is 4.75. The first-order chi connectivity index (χ1) is 7.58. The van der Waals surface area contributed by atoms with E-state index in [-0.39, 0.29) is 36.6 Å². The van der Waals surface area contributed by atoms with Gasteiger partial charge in [-0.05, 0) is 50.4 Å². The number of carboxylic acid groups (broad SMARTS) is 2. The van der Waals surface area contributed by atoms with Gasteiger partial charge in [0, 0.05) is 0 Å². The number of fused-ring (bicyclic) bond motifs is 1. The molecule has 0 bridgehead atoms.